The van der Waals surface area contributed by atoms with Gasteiger partial charge in [0.1, 0.15) is 0 Å². The van der Waals surface area contributed by atoms with Crippen molar-refractivity contribution in [2.75, 3.05) is 13.6 Å². The van der Waals surface area contributed by atoms with Crippen LogP contribution in [0, 0.1) is 6.92 Å². The molecule has 3 rings (SSSR count). The highest BCUT2D eigenvalue weighted by Crippen LogP contribution is 2.41. The Morgan fingerprint density at radius 1 is 1.14 bits per heavy atom. The molecule has 0 amide bonds. The van der Waals surface area contributed by atoms with E-state index in [0.29, 0.717) is 11.2 Å². The standard InChI is InChI=1S/C19H23NS/c1-14-7-3-5-9-18(14)16(13-20-2)12-17-11-15-8-4-6-10-19(15)21-17/h3-10,16-17,20H,11-13H2,1-2H3. The van der Waals surface area contributed by atoms with Gasteiger partial charge in [0.15, 0.2) is 0 Å². The van der Waals surface area contributed by atoms with Crippen LogP contribution in [0.25, 0.3) is 0 Å². The van der Waals surface area contributed by atoms with Crippen molar-refractivity contribution in [1.82, 2.24) is 5.32 Å². The van der Waals surface area contributed by atoms with Crippen molar-refractivity contribution in [2.45, 2.75) is 35.8 Å². The summed E-state index contributed by atoms with van der Waals surface area (Å²) >= 11 is 2.06. The maximum atomic E-state index is 3.38. The fourth-order valence-corrected chi connectivity index (χ4v) is 4.72. The Balaban J connectivity index is 1.74. The molecule has 1 N–H and O–H groups in total. The predicted molar refractivity (Wildman–Crippen MR) is 92.3 cm³/mol. The van der Waals surface area contributed by atoms with Crippen molar-refractivity contribution in [3.63, 3.8) is 0 Å². The summed E-state index contributed by atoms with van der Waals surface area (Å²) in [5, 5.41) is 4.09. The Bertz CT molecular complexity index is 583. The molecule has 1 aliphatic rings. The minimum absolute atomic E-state index is 0.600. The zero-order valence-corrected chi connectivity index (χ0v) is 13.6. The van der Waals surface area contributed by atoms with Crippen LogP contribution in [0.15, 0.2) is 53.4 Å². The third kappa shape index (κ3) is 3.33. The van der Waals surface area contributed by atoms with Gasteiger partial charge in [-0.05, 0) is 55.5 Å². The van der Waals surface area contributed by atoms with Gasteiger partial charge in [-0.2, -0.15) is 0 Å². The van der Waals surface area contributed by atoms with Crippen LogP contribution in [-0.4, -0.2) is 18.8 Å². The molecule has 2 heteroatoms. The van der Waals surface area contributed by atoms with E-state index in [9.17, 15) is 0 Å². The smallest absolute Gasteiger partial charge is 0.0142 e. The van der Waals surface area contributed by atoms with Gasteiger partial charge in [-0.3, -0.25) is 0 Å². The van der Waals surface area contributed by atoms with Crippen LogP contribution >= 0.6 is 11.8 Å². The number of hydrogen-bond donors (Lipinski definition) is 1. The normalized spacial score (nSPS) is 18.5. The first-order valence-corrected chi connectivity index (χ1v) is 8.60. The quantitative estimate of drug-likeness (QED) is 0.877. The second-order valence-corrected chi connectivity index (χ2v) is 7.24. The number of thioether (sulfide) groups is 1. The number of likely N-dealkylation sites (N-methyl/N-ethyl adjacent to an activating group) is 1. The lowest BCUT2D eigenvalue weighted by molar-refractivity contribution is 0.569. The molecular formula is C19H23NS. The maximum absolute atomic E-state index is 3.38. The van der Waals surface area contributed by atoms with Crippen molar-refractivity contribution < 1.29 is 0 Å². The predicted octanol–water partition coefficient (Wildman–Crippen LogP) is 4.41. The Morgan fingerprint density at radius 3 is 2.67 bits per heavy atom. The molecule has 2 aromatic carbocycles. The lowest BCUT2D eigenvalue weighted by Gasteiger charge is -2.22. The highest BCUT2D eigenvalue weighted by atomic mass is 32.2. The van der Waals surface area contributed by atoms with E-state index in [1.165, 1.54) is 34.4 Å². The van der Waals surface area contributed by atoms with Crippen molar-refractivity contribution in [3.8, 4) is 0 Å². The van der Waals surface area contributed by atoms with E-state index in [1.54, 1.807) is 0 Å². The minimum atomic E-state index is 0.600. The van der Waals surface area contributed by atoms with Crippen molar-refractivity contribution in [1.29, 1.82) is 0 Å². The average molecular weight is 297 g/mol. The molecule has 1 nitrogen and oxygen atoms in total. The highest BCUT2D eigenvalue weighted by Gasteiger charge is 2.25. The third-order valence-corrected chi connectivity index (χ3v) is 5.68. The van der Waals surface area contributed by atoms with E-state index in [1.807, 2.05) is 0 Å². The summed E-state index contributed by atoms with van der Waals surface area (Å²) in [6, 6.07) is 17.7. The number of aryl methyl sites for hydroxylation is 1. The van der Waals surface area contributed by atoms with E-state index in [2.05, 4.69) is 79.6 Å². The van der Waals surface area contributed by atoms with Crippen LogP contribution in [0.4, 0.5) is 0 Å². The molecule has 2 aromatic rings. The summed E-state index contributed by atoms with van der Waals surface area (Å²) in [5.74, 6) is 0.600. The molecule has 0 bridgehead atoms. The second-order valence-electron chi connectivity index (χ2n) is 5.90. The topological polar surface area (TPSA) is 12.0 Å². The fraction of sp³-hybridized carbons (Fsp3) is 0.368. The van der Waals surface area contributed by atoms with Gasteiger partial charge >= 0.3 is 0 Å². The molecule has 1 heterocycles. The average Bonchev–Trinajstić information content (AvgIpc) is 2.89. The molecule has 0 saturated carbocycles. The summed E-state index contributed by atoms with van der Waals surface area (Å²) in [6.07, 6.45) is 2.46. The number of rotatable bonds is 5. The van der Waals surface area contributed by atoms with Gasteiger partial charge in [0, 0.05) is 16.7 Å². The Labute approximate surface area is 132 Å². The lowest BCUT2D eigenvalue weighted by atomic mass is 9.89. The molecule has 0 spiro atoms. The van der Waals surface area contributed by atoms with Crippen molar-refractivity contribution in [3.05, 3.63) is 65.2 Å². The zero-order valence-electron chi connectivity index (χ0n) is 12.8. The minimum Gasteiger partial charge on any atom is -0.319 e. The fourth-order valence-electron chi connectivity index (χ4n) is 3.31. The highest BCUT2D eigenvalue weighted by molar-refractivity contribution is 8.00. The molecule has 0 radical (unpaired) electrons. The molecule has 2 unspecified atom stereocenters. The van der Waals surface area contributed by atoms with Crippen LogP contribution in [-0.2, 0) is 6.42 Å². The van der Waals surface area contributed by atoms with Crippen LogP contribution in [0.2, 0.25) is 0 Å². The summed E-state index contributed by atoms with van der Waals surface area (Å²) in [5.41, 5.74) is 4.45. The first kappa shape index (κ1) is 14.7. The van der Waals surface area contributed by atoms with Crippen molar-refractivity contribution in [2.24, 2.45) is 0 Å². The molecule has 0 fully saturated rings. The van der Waals surface area contributed by atoms with E-state index in [4.69, 9.17) is 0 Å². The van der Waals surface area contributed by atoms with Gasteiger partial charge in [0.05, 0.1) is 0 Å². The third-order valence-electron chi connectivity index (χ3n) is 4.34. The van der Waals surface area contributed by atoms with Gasteiger partial charge in [0.25, 0.3) is 0 Å². The molecule has 110 valence electrons. The van der Waals surface area contributed by atoms with Gasteiger partial charge in [-0.15, -0.1) is 11.8 Å². The first-order valence-electron chi connectivity index (χ1n) is 7.72. The molecule has 0 aromatic heterocycles. The van der Waals surface area contributed by atoms with Gasteiger partial charge in [-0.25, -0.2) is 0 Å². The van der Waals surface area contributed by atoms with Gasteiger partial charge in [-0.1, -0.05) is 42.5 Å². The molecule has 0 aliphatic carbocycles. The molecule has 21 heavy (non-hydrogen) atoms. The Morgan fingerprint density at radius 2 is 1.90 bits per heavy atom. The van der Waals surface area contributed by atoms with Crippen LogP contribution in [0.1, 0.15) is 29.0 Å². The van der Waals surface area contributed by atoms with Crippen LogP contribution < -0.4 is 5.32 Å². The molecule has 0 saturated heterocycles. The Hall–Kier alpha value is -1.25. The van der Waals surface area contributed by atoms with Gasteiger partial charge in [0.2, 0.25) is 0 Å². The number of nitrogens with one attached hydrogen (secondary N) is 1. The summed E-state index contributed by atoms with van der Waals surface area (Å²) in [6.45, 7) is 3.28. The first-order chi connectivity index (χ1) is 10.3. The summed E-state index contributed by atoms with van der Waals surface area (Å²) in [4.78, 5) is 1.48. The largest absolute Gasteiger partial charge is 0.319 e. The Kier molecular flexibility index (Phi) is 4.67. The van der Waals surface area contributed by atoms with E-state index >= 15 is 0 Å². The zero-order chi connectivity index (χ0) is 14.7. The van der Waals surface area contributed by atoms with Crippen LogP contribution in [0.5, 0.6) is 0 Å². The number of fused-ring (bicyclic) bond motifs is 1. The SMILES string of the molecule is CNCC(CC1Cc2ccccc2S1)c1ccccc1C. The van der Waals surface area contributed by atoms with E-state index in [-0.39, 0.29) is 0 Å². The maximum Gasteiger partial charge on any atom is 0.0142 e. The number of hydrogen-bond acceptors (Lipinski definition) is 2. The van der Waals surface area contributed by atoms with Gasteiger partial charge < -0.3 is 5.32 Å². The van der Waals surface area contributed by atoms with Crippen LogP contribution in [0.3, 0.4) is 0 Å². The molecule has 1 aliphatic heterocycles. The monoisotopic (exact) mass is 297 g/mol. The lowest BCUT2D eigenvalue weighted by Crippen LogP contribution is -2.21. The second kappa shape index (κ2) is 6.67. The van der Waals surface area contributed by atoms with E-state index in [0.717, 1.165) is 6.54 Å². The molecular weight excluding hydrogens is 274 g/mol. The summed E-state index contributed by atoms with van der Waals surface area (Å²) < 4.78 is 0. The van der Waals surface area contributed by atoms with Crippen molar-refractivity contribution >= 4 is 11.8 Å². The summed E-state index contributed by atoms with van der Waals surface area (Å²) in [7, 11) is 2.06. The van der Waals surface area contributed by atoms with E-state index < -0.39 is 0 Å². The number of benzene rings is 2. The molecule has 2 atom stereocenters.